The van der Waals surface area contributed by atoms with Crippen LogP contribution < -0.4 is 10.6 Å². The van der Waals surface area contributed by atoms with Crippen LogP contribution in [0.15, 0.2) is 29.3 Å². The van der Waals surface area contributed by atoms with Gasteiger partial charge in [-0.15, -0.1) is 24.0 Å². The van der Waals surface area contributed by atoms with Gasteiger partial charge in [0, 0.05) is 27.2 Å². The Morgan fingerprint density at radius 3 is 2.45 bits per heavy atom. The molecule has 2 N–H and O–H groups in total. The minimum atomic E-state index is 0. The number of aryl methyl sites for hydroxylation is 1. The van der Waals surface area contributed by atoms with Crippen LogP contribution in [0.25, 0.3) is 0 Å². The maximum Gasteiger partial charge on any atom is 0.191 e. The van der Waals surface area contributed by atoms with E-state index in [1.807, 2.05) is 0 Å². The SMILES string of the molecule is CCc1ccccc1CNC(=NC)NCCOCCOC.I. The summed E-state index contributed by atoms with van der Waals surface area (Å²) in [6.45, 7) is 5.54. The molecule has 0 aliphatic carbocycles. The van der Waals surface area contributed by atoms with Gasteiger partial charge in [-0.2, -0.15) is 0 Å². The van der Waals surface area contributed by atoms with E-state index in [0.29, 0.717) is 19.8 Å². The van der Waals surface area contributed by atoms with Crippen molar-refractivity contribution in [3.05, 3.63) is 35.4 Å². The van der Waals surface area contributed by atoms with Gasteiger partial charge in [-0.1, -0.05) is 31.2 Å². The summed E-state index contributed by atoms with van der Waals surface area (Å²) in [5.41, 5.74) is 2.67. The molecule has 0 heterocycles. The molecule has 1 aromatic rings. The van der Waals surface area contributed by atoms with Crippen molar-refractivity contribution in [3.63, 3.8) is 0 Å². The highest BCUT2D eigenvalue weighted by Crippen LogP contribution is 2.08. The highest BCUT2D eigenvalue weighted by Gasteiger charge is 2.01. The zero-order chi connectivity index (χ0) is 15.3. The molecule has 6 heteroatoms. The minimum Gasteiger partial charge on any atom is -0.382 e. The first-order valence-corrected chi connectivity index (χ1v) is 7.39. The molecule has 0 amide bonds. The number of benzene rings is 1. The van der Waals surface area contributed by atoms with Crippen molar-refractivity contribution in [1.29, 1.82) is 0 Å². The summed E-state index contributed by atoms with van der Waals surface area (Å²) in [5.74, 6) is 0.788. The number of rotatable bonds is 9. The van der Waals surface area contributed by atoms with Crippen molar-refractivity contribution in [2.24, 2.45) is 4.99 Å². The number of guanidine groups is 1. The van der Waals surface area contributed by atoms with E-state index in [0.717, 1.165) is 25.5 Å². The van der Waals surface area contributed by atoms with Crippen molar-refractivity contribution in [3.8, 4) is 0 Å². The molecule has 126 valence electrons. The molecule has 0 radical (unpaired) electrons. The standard InChI is InChI=1S/C16H27N3O2.HI/c1-4-14-7-5-6-8-15(14)13-19-16(17-2)18-9-10-21-12-11-20-3;/h5-8H,4,9-13H2,1-3H3,(H2,17,18,19);1H. The Morgan fingerprint density at radius 2 is 1.82 bits per heavy atom. The van der Waals surface area contributed by atoms with Crippen LogP contribution in [0.2, 0.25) is 0 Å². The molecule has 0 saturated heterocycles. The van der Waals surface area contributed by atoms with Crippen LogP contribution in [0.4, 0.5) is 0 Å². The van der Waals surface area contributed by atoms with E-state index in [1.54, 1.807) is 14.2 Å². The molecule has 0 aromatic heterocycles. The van der Waals surface area contributed by atoms with Gasteiger partial charge >= 0.3 is 0 Å². The summed E-state index contributed by atoms with van der Waals surface area (Å²) in [5, 5.41) is 6.55. The van der Waals surface area contributed by atoms with Crippen LogP contribution in [0.5, 0.6) is 0 Å². The quantitative estimate of drug-likeness (QED) is 0.278. The molecule has 22 heavy (non-hydrogen) atoms. The van der Waals surface area contributed by atoms with Gasteiger partial charge in [0.25, 0.3) is 0 Å². The fourth-order valence-corrected chi connectivity index (χ4v) is 1.96. The summed E-state index contributed by atoms with van der Waals surface area (Å²) in [6.07, 6.45) is 1.04. The van der Waals surface area contributed by atoms with Gasteiger partial charge in [-0.25, -0.2) is 0 Å². The van der Waals surface area contributed by atoms with Gasteiger partial charge in [0.15, 0.2) is 5.96 Å². The van der Waals surface area contributed by atoms with E-state index in [9.17, 15) is 0 Å². The Hall–Kier alpha value is -0.860. The van der Waals surface area contributed by atoms with Crippen LogP contribution in [-0.2, 0) is 22.4 Å². The van der Waals surface area contributed by atoms with Gasteiger partial charge in [-0.3, -0.25) is 4.99 Å². The summed E-state index contributed by atoms with van der Waals surface area (Å²) >= 11 is 0. The van der Waals surface area contributed by atoms with E-state index in [4.69, 9.17) is 9.47 Å². The van der Waals surface area contributed by atoms with E-state index in [-0.39, 0.29) is 24.0 Å². The van der Waals surface area contributed by atoms with Crippen LogP contribution in [-0.4, -0.2) is 46.5 Å². The Bertz CT molecular complexity index is 428. The third-order valence-corrected chi connectivity index (χ3v) is 3.14. The van der Waals surface area contributed by atoms with E-state index in [2.05, 4.69) is 46.8 Å². The average Bonchev–Trinajstić information content (AvgIpc) is 2.53. The first-order chi connectivity index (χ1) is 10.3. The molecule has 0 aliphatic heterocycles. The summed E-state index contributed by atoms with van der Waals surface area (Å²) in [7, 11) is 3.44. The van der Waals surface area contributed by atoms with Gasteiger partial charge in [0.1, 0.15) is 0 Å². The molecule has 0 atom stereocenters. The lowest BCUT2D eigenvalue weighted by Crippen LogP contribution is -2.38. The first kappa shape index (κ1) is 21.1. The lowest BCUT2D eigenvalue weighted by Gasteiger charge is -2.13. The lowest BCUT2D eigenvalue weighted by molar-refractivity contribution is 0.0733. The molecule has 0 aliphatic rings. The number of nitrogens with one attached hydrogen (secondary N) is 2. The number of nitrogens with zero attached hydrogens (tertiary/aromatic N) is 1. The summed E-state index contributed by atoms with van der Waals surface area (Å²) in [6, 6.07) is 8.45. The van der Waals surface area contributed by atoms with Crippen LogP contribution in [0.3, 0.4) is 0 Å². The Balaban J connectivity index is 0.00000441. The highest BCUT2D eigenvalue weighted by molar-refractivity contribution is 14.0. The van der Waals surface area contributed by atoms with Gasteiger partial charge < -0.3 is 20.1 Å². The molecule has 0 bridgehead atoms. The first-order valence-electron chi connectivity index (χ1n) is 7.39. The van der Waals surface area contributed by atoms with Crippen LogP contribution in [0, 0.1) is 0 Å². The largest absolute Gasteiger partial charge is 0.382 e. The van der Waals surface area contributed by atoms with E-state index in [1.165, 1.54) is 11.1 Å². The third kappa shape index (κ3) is 8.55. The molecule has 5 nitrogen and oxygen atoms in total. The van der Waals surface area contributed by atoms with Crippen LogP contribution >= 0.6 is 24.0 Å². The number of halogens is 1. The summed E-state index contributed by atoms with van der Waals surface area (Å²) in [4.78, 5) is 4.21. The maximum absolute atomic E-state index is 5.40. The van der Waals surface area contributed by atoms with Crippen molar-refractivity contribution in [1.82, 2.24) is 10.6 Å². The Kier molecular flexibility index (Phi) is 13.2. The smallest absolute Gasteiger partial charge is 0.191 e. The number of hydrogen-bond donors (Lipinski definition) is 2. The van der Waals surface area contributed by atoms with Gasteiger partial charge in [0.2, 0.25) is 0 Å². The fraction of sp³-hybridized carbons (Fsp3) is 0.562. The molecule has 1 aromatic carbocycles. The second kappa shape index (κ2) is 13.8. The number of ether oxygens (including phenoxy) is 2. The molecular weight excluding hydrogens is 393 g/mol. The Labute approximate surface area is 150 Å². The third-order valence-electron chi connectivity index (χ3n) is 3.14. The number of hydrogen-bond acceptors (Lipinski definition) is 3. The Morgan fingerprint density at radius 1 is 1.09 bits per heavy atom. The van der Waals surface area contributed by atoms with E-state index >= 15 is 0 Å². The maximum atomic E-state index is 5.40. The molecule has 0 fully saturated rings. The van der Waals surface area contributed by atoms with Crippen molar-refractivity contribution in [2.75, 3.05) is 40.5 Å². The van der Waals surface area contributed by atoms with Crippen molar-refractivity contribution >= 4 is 29.9 Å². The predicted molar refractivity (Wildman–Crippen MR) is 102 cm³/mol. The normalized spacial score (nSPS) is 11.0. The number of aliphatic imine (C=N–C) groups is 1. The molecule has 1 rings (SSSR count). The van der Waals surface area contributed by atoms with Crippen molar-refractivity contribution < 1.29 is 9.47 Å². The van der Waals surface area contributed by atoms with Crippen LogP contribution in [0.1, 0.15) is 18.1 Å². The second-order valence-corrected chi connectivity index (χ2v) is 4.58. The molecule has 0 spiro atoms. The fourth-order valence-electron chi connectivity index (χ4n) is 1.96. The number of methoxy groups -OCH3 is 1. The molecule has 0 saturated carbocycles. The van der Waals surface area contributed by atoms with Crippen molar-refractivity contribution in [2.45, 2.75) is 19.9 Å². The predicted octanol–water partition coefficient (Wildman–Crippen LogP) is 2.19. The van der Waals surface area contributed by atoms with E-state index < -0.39 is 0 Å². The zero-order valence-electron chi connectivity index (χ0n) is 13.7. The molecule has 0 unspecified atom stereocenters. The van der Waals surface area contributed by atoms with Gasteiger partial charge in [-0.05, 0) is 17.5 Å². The van der Waals surface area contributed by atoms with Gasteiger partial charge in [0.05, 0.1) is 19.8 Å². The monoisotopic (exact) mass is 421 g/mol. The highest BCUT2D eigenvalue weighted by atomic mass is 127. The topological polar surface area (TPSA) is 54.9 Å². The summed E-state index contributed by atoms with van der Waals surface area (Å²) < 4.78 is 10.3. The molecular formula is C16H28IN3O2. The second-order valence-electron chi connectivity index (χ2n) is 4.58. The lowest BCUT2D eigenvalue weighted by atomic mass is 10.1. The average molecular weight is 421 g/mol. The zero-order valence-corrected chi connectivity index (χ0v) is 16.1. The minimum absolute atomic E-state index is 0.